The van der Waals surface area contributed by atoms with Crippen molar-refractivity contribution in [1.29, 1.82) is 0 Å². The lowest BCUT2D eigenvalue weighted by Gasteiger charge is -2.01. The molecule has 1 aromatic carbocycles. The van der Waals surface area contributed by atoms with Crippen LogP contribution in [-0.2, 0) is 4.79 Å². The maximum absolute atomic E-state index is 10.3. The topological polar surface area (TPSA) is 43.4 Å². The first kappa shape index (κ1) is 11.8. The summed E-state index contributed by atoms with van der Waals surface area (Å²) in [6.07, 6.45) is 0.796. The van der Waals surface area contributed by atoms with Crippen molar-refractivity contribution in [2.24, 2.45) is 0 Å². The van der Waals surface area contributed by atoms with E-state index in [4.69, 9.17) is 9.53 Å². The minimum atomic E-state index is 0.637. The molecular weight excluding hydrogens is 236 g/mol. The van der Waals surface area contributed by atoms with E-state index in [1.54, 1.807) is 25.3 Å². The molecular formula is C9H9BrO3. The highest BCUT2D eigenvalue weighted by Crippen LogP contribution is 2.24. The summed E-state index contributed by atoms with van der Waals surface area (Å²) < 4.78 is 5.78. The van der Waals surface area contributed by atoms with Gasteiger partial charge in [-0.3, -0.25) is 4.79 Å². The summed E-state index contributed by atoms with van der Waals surface area (Å²) in [6, 6.07) is 5.16. The quantitative estimate of drug-likeness (QED) is 0.749. The number of carbonyl (C=O) groups excluding carboxylic acids is 2. The number of carbonyl (C=O) groups is 2. The molecule has 0 aliphatic carbocycles. The highest BCUT2D eigenvalue weighted by Gasteiger charge is 1.98. The minimum Gasteiger partial charge on any atom is -0.496 e. The Labute approximate surface area is 84.8 Å². The Morgan fingerprint density at radius 1 is 1.46 bits per heavy atom. The van der Waals surface area contributed by atoms with Gasteiger partial charge in [0, 0.05) is 5.56 Å². The Balaban J connectivity index is 0.000000671. The summed E-state index contributed by atoms with van der Waals surface area (Å²) in [5.74, 6) is 0.732. The maximum Gasteiger partial charge on any atom is 0.150 e. The number of methoxy groups -OCH3 is 1. The van der Waals surface area contributed by atoms with Crippen LogP contribution in [0.1, 0.15) is 10.4 Å². The molecule has 0 amide bonds. The van der Waals surface area contributed by atoms with E-state index in [0.717, 1.165) is 16.5 Å². The number of hydrogen-bond acceptors (Lipinski definition) is 3. The van der Waals surface area contributed by atoms with Gasteiger partial charge in [0.15, 0.2) is 0 Å². The Morgan fingerprint density at radius 2 is 2.08 bits per heavy atom. The van der Waals surface area contributed by atoms with Crippen LogP contribution in [0.3, 0.4) is 0 Å². The summed E-state index contributed by atoms with van der Waals surface area (Å²) >= 11 is 3.26. The zero-order valence-corrected chi connectivity index (χ0v) is 8.71. The monoisotopic (exact) mass is 244 g/mol. The van der Waals surface area contributed by atoms with Crippen molar-refractivity contribution in [3.8, 4) is 5.75 Å². The van der Waals surface area contributed by atoms with Gasteiger partial charge in [0.1, 0.15) is 18.8 Å². The van der Waals surface area contributed by atoms with Crippen LogP contribution < -0.4 is 4.74 Å². The van der Waals surface area contributed by atoms with Crippen LogP contribution in [0.2, 0.25) is 0 Å². The Hall–Kier alpha value is -1.16. The van der Waals surface area contributed by atoms with Gasteiger partial charge in [-0.15, -0.1) is 0 Å². The second-order valence-corrected chi connectivity index (χ2v) is 2.87. The Morgan fingerprint density at radius 3 is 2.46 bits per heavy atom. The van der Waals surface area contributed by atoms with Crippen LogP contribution in [0.5, 0.6) is 5.75 Å². The highest BCUT2D eigenvalue weighted by atomic mass is 79.9. The van der Waals surface area contributed by atoms with Crippen LogP contribution in [0.25, 0.3) is 0 Å². The lowest BCUT2D eigenvalue weighted by atomic mass is 10.2. The van der Waals surface area contributed by atoms with E-state index in [-0.39, 0.29) is 0 Å². The molecule has 3 nitrogen and oxygen atoms in total. The van der Waals surface area contributed by atoms with Crippen molar-refractivity contribution in [3.63, 3.8) is 0 Å². The molecule has 70 valence electrons. The molecule has 13 heavy (non-hydrogen) atoms. The number of aldehydes is 1. The van der Waals surface area contributed by atoms with E-state index in [1.807, 2.05) is 6.79 Å². The molecule has 0 heterocycles. The van der Waals surface area contributed by atoms with E-state index >= 15 is 0 Å². The van der Waals surface area contributed by atoms with Gasteiger partial charge in [-0.1, -0.05) is 0 Å². The third-order valence-electron chi connectivity index (χ3n) is 1.31. The second-order valence-electron chi connectivity index (χ2n) is 2.01. The van der Waals surface area contributed by atoms with E-state index in [9.17, 15) is 4.79 Å². The average molecular weight is 245 g/mol. The van der Waals surface area contributed by atoms with Crippen LogP contribution >= 0.6 is 15.9 Å². The molecule has 0 unspecified atom stereocenters. The first-order chi connectivity index (χ1) is 6.27. The molecule has 1 rings (SSSR count). The van der Waals surface area contributed by atoms with Crippen molar-refractivity contribution < 1.29 is 14.3 Å². The van der Waals surface area contributed by atoms with Crippen molar-refractivity contribution in [2.75, 3.05) is 7.11 Å². The zero-order valence-electron chi connectivity index (χ0n) is 7.12. The predicted molar refractivity (Wildman–Crippen MR) is 53.2 cm³/mol. The van der Waals surface area contributed by atoms with E-state index in [0.29, 0.717) is 5.56 Å². The number of rotatable bonds is 2. The fourth-order valence-corrected chi connectivity index (χ4v) is 1.31. The molecule has 0 atom stereocenters. The summed E-state index contributed by atoms with van der Waals surface area (Å²) in [5, 5.41) is 0. The smallest absolute Gasteiger partial charge is 0.150 e. The van der Waals surface area contributed by atoms with Crippen LogP contribution in [0, 0.1) is 0 Å². The van der Waals surface area contributed by atoms with Gasteiger partial charge < -0.3 is 9.53 Å². The third kappa shape index (κ3) is 3.38. The number of ether oxygens (including phenoxy) is 1. The molecule has 0 aliphatic heterocycles. The molecule has 0 saturated carbocycles. The molecule has 0 saturated heterocycles. The van der Waals surface area contributed by atoms with Gasteiger partial charge in [-0.25, -0.2) is 0 Å². The Bertz CT molecular complexity index is 286. The molecule has 0 fully saturated rings. The van der Waals surface area contributed by atoms with Gasteiger partial charge in [0.25, 0.3) is 0 Å². The largest absolute Gasteiger partial charge is 0.496 e. The molecule has 0 N–H and O–H groups in total. The lowest BCUT2D eigenvalue weighted by molar-refractivity contribution is -0.0979. The maximum atomic E-state index is 10.3. The number of benzene rings is 1. The normalized spacial score (nSPS) is 8.15. The minimum absolute atomic E-state index is 0.637. The lowest BCUT2D eigenvalue weighted by Crippen LogP contribution is -1.85. The number of halogens is 1. The van der Waals surface area contributed by atoms with Crippen LogP contribution in [0.15, 0.2) is 22.7 Å². The van der Waals surface area contributed by atoms with Gasteiger partial charge in [0.05, 0.1) is 11.6 Å². The van der Waals surface area contributed by atoms with E-state index < -0.39 is 0 Å². The standard InChI is InChI=1S/C8H7BrO2.CH2O/c1-11-8-3-2-6(5-10)4-7(8)9;1-2/h2-5H,1H3;1H2. The first-order valence-electron chi connectivity index (χ1n) is 3.35. The van der Waals surface area contributed by atoms with Gasteiger partial charge in [-0.2, -0.15) is 0 Å². The summed E-state index contributed by atoms with van der Waals surface area (Å²) in [7, 11) is 1.58. The van der Waals surface area contributed by atoms with Crippen molar-refractivity contribution in [3.05, 3.63) is 28.2 Å². The summed E-state index contributed by atoms with van der Waals surface area (Å²) in [4.78, 5) is 18.3. The van der Waals surface area contributed by atoms with Crippen molar-refractivity contribution in [2.45, 2.75) is 0 Å². The summed E-state index contributed by atoms with van der Waals surface area (Å²) in [5.41, 5.74) is 0.637. The average Bonchev–Trinajstić information content (AvgIpc) is 2.20. The first-order valence-corrected chi connectivity index (χ1v) is 4.15. The van der Waals surface area contributed by atoms with E-state index in [1.165, 1.54) is 0 Å². The van der Waals surface area contributed by atoms with Gasteiger partial charge in [0.2, 0.25) is 0 Å². The predicted octanol–water partition coefficient (Wildman–Crippen LogP) is 2.09. The van der Waals surface area contributed by atoms with Crippen molar-refractivity contribution in [1.82, 2.24) is 0 Å². The van der Waals surface area contributed by atoms with Crippen molar-refractivity contribution >= 4 is 29.0 Å². The highest BCUT2D eigenvalue weighted by molar-refractivity contribution is 9.10. The molecule has 1 aromatic rings. The fraction of sp³-hybridized carbons (Fsp3) is 0.111. The SMILES string of the molecule is C=O.COc1ccc(C=O)cc1Br. The van der Waals surface area contributed by atoms with Crippen LogP contribution in [-0.4, -0.2) is 20.2 Å². The zero-order chi connectivity index (χ0) is 10.3. The fourth-order valence-electron chi connectivity index (χ4n) is 0.756. The number of hydrogen-bond donors (Lipinski definition) is 0. The Kier molecular flexibility index (Phi) is 5.80. The van der Waals surface area contributed by atoms with Gasteiger partial charge in [-0.05, 0) is 34.1 Å². The molecule has 0 aromatic heterocycles. The van der Waals surface area contributed by atoms with Crippen LogP contribution in [0.4, 0.5) is 0 Å². The molecule has 0 radical (unpaired) electrons. The second kappa shape index (κ2) is 6.37. The summed E-state index contributed by atoms with van der Waals surface area (Å²) in [6.45, 7) is 2.00. The van der Waals surface area contributed by atoms with E-state index in [2.05, 4.69) is 15.9 Å². The van der Waals surface area contributed by atoms with Gasteiger partial charge >= 0.3 is 0 Å². The molecule has 0 bridgehead atoms. The third-order valence-corrected chi connectivity index (χ3v) is 1.93. The molecule has 0 spiro atoms. The molecule has 0 aliphatic rings. The molecule has 4 heteroatoms.